The molecule has 2 fully saturated rings. The van der Waals surface area contributed by atoms with Crippen LogP contribution in [0.5, 0.6) is 0 Å². The molecular weight excluding hydrogens is 412 g/mol. The zero-order valence-corrected chi connectivity index (χ0v) is 17.4. The van der Waals surface area contributed by atoms with Gasteiger partial charge in [-0.15, -0.1) is 0 Å². The van der Waals surface area contributed by atoms with Gasteiger partial charge in [0.1, 0.15) is 17.8 Å². The van der Waals surface area contributed by atoms with Crippen molar-refractivity contribution in [3.63, 3.8) is 0 Å². The van der Waals surface area contributed by atoms with E-state index in [-0.39, 0.29) is 37.3 Å². The van der Waals surface area contributed by atoms with E-state index in [1.165, 1.54) is 6.26 Å². The van der Waals surface area contributed by atoms with Gasteiger partial charge in [0.2, 0.25) is 0 Å². The van der Waals surface area contributed by atoms with E-state index in [9.17, 15) is 9.59 Å². The van der Waals surface area contributed by atoms with Crippen molar-refractivity contribution in [2.24, 2.45) is 0 Å². The van der Waals surface area contributed by atoms with Gasteiger partial charge in [-0.1, -0.05) is 23.7 Å². The Balaban J connectivity index is 1.42. The van der Waals surface area contributed by atoms with E-state index in [1.54, 1.807) is 50.2 Å². The Morgan fingerprint density at radius 1 is 1.13 bits per heavy atom. The van der Waals surface area contributed by atoms with Gasteiger partial charge < -0.3 is 29.3 Å². The highest BCUT2D eigenvalue weighted by molar-refractivity contribution is 6.33. The number of rotatable bonds is 6. The van der Waals surface area contributed by atoms with Crippen molar-refractivity contribution in [3.8, 4) is 0 Å². The molecule has 1 aromatic heterocycles. The molecule has 3 atom stereocenters. The molecule has 2 amide bonds. The maximum absolute atomic E-state index is 12.5. The SMILES string of the molecule is CC1(C)O[C@@H]2[C@@H](CNC(=O)c3ccccc3Cl)OC[C@]2(CNC(=O)c2ccco2)O1. The molecule has 2 N–H and O–H groups in total. The second-order valence-electron chi connectivity index (χ2n) is 7.80. The normalized spacial score (nSPS) is 26.9. The fraction of sp³-hybridized carbons (Fsp3) is 0.429. The summed E-state index contributed by atoms with van der Waals surface area (Å²) in [5, 5.41) is 6.04. The van der Waals surface area contributed by atoms with Crippen LogP contribution in [0.2, 0.25) is 5.02 Å². The minimum Gasteiger partial charge on any atom is -0.459 e. The van der Waals surface area contributed by atoms with E-state index in [0.717, 1.165) is 0 Å². The summed E-state index contributed by atoms with van der Waals surface area (Å²) in [6, 6.07) is 10.0. The van der Waals surface area contributed by atoms with Crippen molar-refractivity contribution in [2.75, 3.05) is 19.7 Å². The molecule has 0 unspecified atom stereocenters. The number of ether oxygens (including phenoxy) is 3. The molecule has 3 heterocycles. The lowest BCUT2D eigenvalue weighted by Crippen LogP contribution is -2.52. The van der Waals surface area contributed by atoms with Crippen molar-refractivity contribution in [1.82, 2.24) is 10.6 Å². The van der Waals surface area contributed by atoms with Gasteiger partial charge in [0.15, 0.2) is 11.5 Å². The molecule has 0 aliphatic carbocycles. The summed E-state index contributed by atoms with van der Waals surface area (Å²) in [5.41, 5.74) is -0.482. The van der Waals surface area contributed by atoms with E-state index >= 15 is 0 Å². The lowest BCUT2D eigenvalue weighted by atomic mass is 9.96. The molecular formula is C21H23ClN2O6. The number of amides is 2. The largest absolute Gasteiger partial charge is 0.459 e. The third kappa shape index (κ3) is 4.09. The number of carbonyl (C=O) groups is 2. The van der Waals surface area contributed by atoms with Crippen LogP contribution in [0.25, 0.3) is 0 Å². The molecule has 4 rings (SSSR count). The van der Waals surface area contributed by atoms with Crippen molar-refractivity contribution in [2.45, 2.75) is 37.4 Å². The van der Waals surface area contributed by atoms with Gasteiger partial charge in [0, 0.05) is 6.54 Å². The van der Waals surface area contributed by atoms with Crippen LogP contribution in [0, 0.1) is 0 Å². The maximum atomic E-state index is 12.5. The first-order valence-corrected chi connectivity index (χ1v) is 10.0. The number of nitrogens with one attached hydrogen (secondary N) is 2. The lowest BCUT2D eigenvalue weighted by molar-refractivity contribution is -0.188. The quantitative estimate of drug-likeness (QED) is 0.724. The van der Waals surface area contributed by atoms with Crippen molar-refractivity contribution in [1.29, 1.82) is 0 Å². The summed E-state index contributed by atoms with van der Waals surface area (Å²) in [7, 11) is 0. The second-order valence-corrected chi connectivity index (χ2v) is 8.21. The van der Waals surface area contributed by atoms with Gasteiger partial charge in [0.05, 0.1) is 30.0 Å². The zero-order valence-electron chi connectivity index (χ0n) is 16.6. The van der Waals surface area contributed by atoms with Gasteiger partial charge in [-0.05, 0) is 38.1 Å². The highest BCUT2D eigenvalue weighted by Gasteiger charge is 2.61. The van der Waals surface area contributed by atoms with E-state index < -0.39 is 23.6 Å². The predicted octanol–water partition coefficient (Wildman–Crippen LogP) is 2.38. The van der Waals surface area contributed by atoms with Crippen LogP contribution in [-0.4, -0.2) is 55.1 Å². The summed E-state index contributed by atoms with van der Waals surface area (Å²) in [4.78, 5) is 24.8. The van der Waals surface area contributed by atoms with Crippen LogP contribution < -0.4 is 10.6 Å². The highest BCUT2D eigenvalue weighted by Crippen LogP contribution is 2.43. The molecule has 0 saturated carbocycles. The van der Waals surface area contributed by atoms with Gasteiger partial charge in [0.25, 0.3) is 11.8 Å². The van der Waals surface area contributed by atoms with Gasteiger partial charge in [-0.2, -0.15) is 0 Å². The minimum absolute atomic E-state index is 0.176. The first-order valence-electron chi connectivity index (χ1n) is 9.64. The molecule has 2 aliphatic heterocycles. The number of furan rings is 1. The molecule has 0 bridgehead atoms. The topological polar surface area (TPSA) is 99.0 Å². The van der Waals surface area contributed by atoms with Crippen LogP contribution in [-0.2, 0) is 14.2 Å². The number of halogens is 1. The smallest absolute Gasteiger partial charge is 0.287 e. The fourth-order valence-electron chi connectivity index (χ4n) is 3.86. The Labute approximate surface area is 178 Å². The standard InChI is InChI=1S/C21H23ClN2O6/c1-20(2)29-17-16(10-23-18(25)13-6-3-4-7-14(13)22)28-12-21(17,30-20)11-24-19(26)15-8-5-9-27-15/h3-9,16-17H,10-12H2,1-2H3,(H,23,25)(H,24,26)/t16-,17-,21+/m1/s1. The van der Waals surface area contributed by atoms with E-state index in [1.807, 2.05) is 0 Å². The Kier molecular flexibility index (Phi) is 5.59. The molecule has 2 saturated heterocycles. The summed E-state index contributed by atoms with van der Waals surface area (Å²) in [6.45, 7) is 4.21. The number of carbonyl (C=O) groups excluding carboxylic acids is 2. The summed E-state index contributed by atoms with van der Waals surface area (Å²) in [6.07, 6.45) is 0.514. The molecule has 2 aliphatic rings. The third-order valence-corrected chi connectivity index (χ3v) is 5.46. The van der Waals surface area contributed by atoms with Crippen LogP contribution in [0.1, 0.15) is 34.8 Å². The first kappa shape index (κ1) is 20.9. The van der Waals surface area contributed by atoms with Crippen molar-refractivity contribution >= 4 is 23.4 Å². The van der Waals surface area contributed by atoms with Crippen molar-refractivity contribution < 1.29 is 28.2 Å². The number of hydrogen-bond donors (Lipinski definition) is 2. The Morgan fingerprint density at radius 2 is 1.93 bits per heavy atom. The Bertz CT molecular complexity index is 931. The van der Waals surface area contributed by atoms with E-state index in [4.69, 9.17) is 30.2 Å². The van der Waals surface area contributed by atoms with E-state index in [2.05, 4.69) is 10.6 Å². The molecule has 160 valence electrons. The van der Waals surface area contributed by atoms with Gasteiger partial charge in [-0.25, -0.2) is 0 Å². The maximum Gasteiger partial charge on any atom is 0.287 e. The molecule has 8 nitrogen and oxygen atoms in total. The molecule has 0 spiro atoms. The van der Waals surface area contributed by atoms with Crippen LogP contribution >= 0.6 is 11.6 Å². The number of fused-ring (bicyclic) bond motifs is 1. The van der Waals surface area contributed by atoms with Gasteiger partial charge in [-0.3, -0.25) is 9.59 Å². The summed E-state index contributed by atoms with van der Waals surface area (Å²) < 4.78 is 23.2. The lowest BCUT2D eigenvalue weighted by Gasteiger charge is -2.27. The monoisotopic (exact) mass is 434 g/mol. The van der Waals surface area contributed by atoms with Crippen LogP contribution in [0.15, 0.2) is 47.1 Å². The highest BCUT2D eigenvalue weighted by atomic mass is 35.5. The average molecular weight is 435 g/mol. The summed E-state index contributed by atoms with van der Waals surface area (Å²) in [5.74, 6) is -1.29. The average Bonchev–Trinajstić information content (AvgIpc) is 3.40. The fourth-order valence-corrected chi connectivity index (χ4v) is 4.08. The molecule has 2 aromatic rings. The molecule has 30 heavy (non-hydrogen) atoms. The van der Waals surface area contributed by atoms with Crippen LogP contribution in [0.3, 0.4) is 0 Å². The minimum atomic E-state index is -0.870. The Hall–Kier alpha value is -2.39. The predicted molar refractivity (Wildman–Crippen MR) is 107 cm³/mol. The van der Waals surface area contributed by atoms with Crippen molar-refractivity contribution in [3.05, 3.63) is 59.0 Å². The zero-order chi connectivity index (χ0) is 21.4. The number of hydrogen-bond acceptors (Lipinski definition) is 6. The first-order chi connectivity index (χ1) is 14.3. The second kappa shape index (κ2) is 8.03. The van der Waals surface area contributed by atoms with E-state index in [0.29, 0.717) is 10.6 Å². The molecule has 1 aromatic carbocycles. The molecule has 9 heteroatoms. The third-order valence-electron chi connectivity index (χ3n) is 5.13. The Morgan fingerprint density at radius 3 is 2.67 bits per heavy atom. The number of benzene rings is 1. The summed E-state index contributed by atoms with van der Waals surface area (Å²) >= 11 is 6.09. The molecule has 0 radical (unpaired) electrons. The van der Waals surface area contributed by atoms with Gasteiger partial charge >= 0.3 is 0 Å². The van der Waals surface area contributed by atoms with Crippen LogP contribution in [0.4, 0.5) is 0 Å².